The minimum absolute atomic E-state index is 0.0645. The highest BCUT2D eigenvalue weighted by molar-refractivity contribution is 7.99. The van der Waals surface area contributed by atoms with Crippen LogP contribution in [0.3, 0.4) is 0 Å². The van der Waals surface area contributed by atoms with E-state index in [0.29, 0.717) is 5.56 Å². The standard InChI is InChI=1S/C12H16F2N2S/c1-16(9-2-3-17-7-9)12-10(13)4-8(6-15)5-11(12)14/h4-5,9H,2-3,6-7,15H2,1H3. The largest absolute Gasteiger partial charge is 0.366 e. The molecule has 5 heteroatoms. The smallest absolute Gasteiger partial charge is 0.149 e. The number of thioether (sulfide) groups is 1. The molecular weight excluding hydrogens is 242 g/mol. The van der Waals surface area contributed by atoms with Crippen molar-refractivity contribution >= 4 is 17.4 Å². The molecule has 1 heterocycles. The zero-order valence-electron chi connectivity index (χ0n) is 9.75. The molecule has 94 valence electrons. The van der Waals surface area contributed by atoms with Crippen molar-refractivity contribution in [3.8, 4) is 0 Å². The molecule has 1 fully saturated rings. The number of anilines is 1. The van der Waals surface area contributed by atoms with Gasteiger partial charge in [-0.25, -0.2) is 8.78 Å². The Balaban J connectivity index is 2.30. The molecule has 17 heavy (non-hydrogen) atoms. The van der Waals surface area contributed by atoms with Crippen LogP contribution < -0.4 is 10.6 Å². The van der Waals surface area contributed by atoms with Gasteiger partial charge in [0.1, 0.15) is 17.3 Å². The van der Waals surface area contributed by atoms with Crippen LogP contribution in [0, 0.1) is 11.6 Å². The summed E-state index contributed by atoms with van der Waals surface area (Å²) in [5, 5.41) is 0. The molecular formula is C12H16F2N2S. The van der Waals surface area contributed by atoms with Crippen LogP contribution in [0.15, 0.2) is 12.1 Å². The molecule has 0 amide bonds. The molecule has 0 saturated carbocycles. The molecule has 0 radical (unpaired) electrons. The quantitative estimate of drug-likeness (QED) is 0.902. The fourth-order valence-corrected chi connectivity index (χ4v) is 3.35. The molecule has 1 unspecified atom stereocenters. The van der Waals surface area contributed by atoms with Gasteiger partial charge in [-0.1, -0.05) is 0 Å². The molecule has 1 aromatic carbocycles. The second-order valence-corrected chi connectivity index (χ2v) is 5.39. The van der Waals surface area contributed by atoms with Crippen LogP contribution in [-0.2, 0) is 6.54 Å². The Morgan fingerprint density at radius 2 is 2.06 bits per heavy atom. The fraction of sp³-hybridized carbons (Fsp3) is 0.500. The van der Waals surface area contributed by atoms with Gasteiger partial charge in [0.15, 0.2) is 0 Å². The van der Waals surface area contributed by atoms with Crippen molar-refractivity contribution in [3.63, 3.8) is 0 Å². The summed E-state index contributed by atoms with van der Waals surface area (Å²) < 4.78 is 27.7. The van der Waals surface area contributed by atoms with Crippen molar-refractivity contribution in [2.75, 3.05) is 23.5 Å². The minimum atomic E-state index is -0.523. The molecule has 0 bridgehead atoms. The Bertz CT molecular complexity index is 382. The third-order valence-corrected chi connectivity index (χ3v) is 4.26. The van der Waals surface area contributed by atoms with E-state index in [1.54, 1.807) is 11.9 Å². The molecule has 2 rings (SSSR count). The number of halogens is 2. The first kappa shape index (κ1) is 12.6. The fourth-order valence-electron chi connectivity index (χ4n) is 2.08. The van der Waals surface area contributed by atoms with Crippen molar-refractivity contribution in [2.24, 2.45) is 5.73 Å². The molecule has 1 aromatic rings. The number of nitrogens with two attached hydrogens (primary N) is 1. The van der Waals surface area contributed by atoms with E-state index in [0.717, 1.165) is 17.9 Å². The summed E-state index contributed by atoms with van der Waals surface area (Å²) in [7, 11) is 1.75. The van der Waals surface area contributed by atoms with E-state index in [4.69, 9.17) is 5.73 Å². The second-order valence-electron chi connectivity index (χ2n) is 4.24. The first-order valence-corrected chi connectivity index (χ1v) is 6.77. The average Bonchev–Trinajstić information content (AvgIpc) is 2.81. The summed E-state index contributed by atoms with van der Waals surface area (Å²) in [6.45, 7) is 0.150. The van der Waals surface area contributed by atoms with Gasteiger partial charge in [-0.15, -0.1) is 0 Å². The molecule has 1 atom stereocenters. The van der Waals surface area contributed by atoms with E-state index in [9.17, 15) is 8.78 Å². The third kappa shape index (κ3) is 2.55. The lowest BCUT2D eigenvalue weighted by molar-refractivity contribution is 0.560. The van der Waals surface area contributed by atoms with Crippen molar-refractivity contribution in [1.82, 2.24) is 0 Å². The van der Waals surface area contributed by atoms with Crippen molar-refractivity contribution in [1.29, 1.82) is 0 Å². The van der Waals surface area contributed by atoms with Gasteiger partial charge in [-0.2, -0.15) is 11.8 Å². The number of benzene rings is 1. The maximum Gasteiger partial charge on any atom is 0.149 e. The van der Waals surface area contributed by atoms with Gasteiger partial charge in [0.05, 0.1) is 0 Å². The predicted octanol–water partition coefficient (Wildman–Crippen LogP) is 2.37. The maximum atomic E-state index is 13.9. The lowest BCUT2D eigenvalue weighted by Gasteiger charge is -2.27. The van der Waals surface area contributed by atoms with Crippen LogP contribution in [0.2, 0.25) is 0 Å². The van der Waals surface area contributed by atoms with Gasteiger partial charge < -0.3 is 10.6 Å². The summed E-state index contributed by atoms with van der Waals surface area (Å²) in [6.07, 6.45) is 0.971. The number of nitrogens with zero attached hydrogens (tertiary/aromatic N) is 1. The van der Waals surface area contributed by atoms with Crippen LogP contribution in [0.5, 0.6) is 0 Å². The van der Waals surface area contributed by atoms with E-state index in [1.807, 2.05) is 11.8 Å². The zero-order valence-corrected chi connectivity index (χ0v) is 10.6. The number of hydrogen-bond acceptors (Lipinski definition) is 3. The second kappa shape index (κ2) is 5.23. The lowest BCUT2D eigenvalue weighted by Crippen LogP contribution is -2.32. The Morgan fingerprint density at radius 3 is 2.53 bits per heavy atom. The molecule has 2 N–H and O–H groups in total. The molecule has 0 aliphatic carbocycles. The molecule has 2 nitrogen and oxygen atoms in total. The van der Waals surface area contributed by atoms with Crippen molar-refractivity contribution < 1.29 is 8.78 Å². The highest BCUT2D eigenvalue weighted by atomic mass is 32.2. The average molecular weight is 258 g/mol. The summed E-state index contributed by atoms with van der Waals surface area (Å²) in [4.78, 5) is 1.71. The first-order chi connectivity index (χ1) is 8.13. The van der Waals surface area contributed by atoms with Gasteiger partial charge in [-0.05, 0) is 29.9 Å². The Morgan fingerprint density at radius 1 is 1.41 bits per heavy atom. The summed E-state index contributed by atoms with van der Waals surface area (Å²) in [5.41, 5.74) is 5.93. The molecule has 1 aliphatic rings. The normalized spacial score (nSPS) is 19.6. The van der Waals surface area contributed by atoms with Crippen LogP contribution in [-0.4, -0.2) is 24.6 Å². The van der Waals surface area contributed by atoms with Gasteiger partial charge in [0, 0.05) is 25.4 Å². The number of rotatable bonds is 3. The Labute approximate surface area is 104 Å². The monoisotopic (exact) mass is 258 g/mol. The van der Waals surface area contributed by atoms with Crippen LogP contribution in [0.1, 0.15) is 12.0 Å². The van der Waals surface area contributed by atoms with Crippen LogP contribution in [0.25, 0.3) is 0 Å². The van der Waals surface area contributed by atoms with Gasteiger partial charge in [0.2, 0.25) is 0 Å². The maximum absolute atomic E-state index is 13.9. The van der Waals surface area contributed by atoms with Gasteiger partial charge in [0.25, 0.3) is 0 Å². The van der Waals surface area contributed by atoms with E-state index < -0.39 is 11.6 Å². The summed E-state index contributed by atoms with van der Waals surface area (Å²) in [6, 6.07) is 2.85. The van der Waals surface area contributed by atoms with E-state index in [1.165, 1.54) is 12.1 Å². The van der Waals surface area contributed by atoms with E-state index >= 15 is 0 Å². The van der Waals surface area contributed by atoms with Crippen molar-refractivity contribution in [3.05, 3.63) is 29.3 Å². The Hall–Kier alpha value is -0.810. The minimum Gasteiger partial charge on any atom is -0.366 e. The molecule has 1 aliphatic heterocycles. The summed E-state index contributed by atoms with van der Waals surface area (Å²) in [5.74, 6) is 0.933. The third-order valence-electron chi connectivity index (χ3n) is 3.12. The molecule has 1 saturated heterocycles. The lowest BCUT2D eigenvalue weighted by atomic mass is 10.1. The van der Waals surface area contributed by atoms with Crippen molar-refractivity contribution in [2.45, 2.75) is 19.0 Å². The van der Waals surface area contributed by atoms with Crippen LogP contribution in [0.4, 0.5) is 14.5 Å². The summed E-state index contributed by atoms with van der Waals surface area (Å²) >= 11 is 1.82. The zero-order chi connectivity index (χ0) is 12.4. The molecule has 0 spiro atoms. The SMILES string of the molecule is CN(c1c(F)cc(CN)cc1F)C1CCSC1. The predicted molar refractivity (Wildman–Crippen MR) is 68.4 cm³/mol. The van der Waals surface area contributed by atoms with Gasteiger partial charge in [-0.3, -0.25) is 0 Å². The highest BCUT2D eigenvalue weighted by Crippen LogP contribution is 2.30. The molecule has 0 aromatic heterocycles. The number of hydrogen-bond donors (Lipinski definition) is 1. The topological polar surface area (TPSA) is 29.3 Å². The Kier molecular flexibility index (Phi) is 3.89. The van der Waals surface area contributed by atoms with Crippen LogP contribution >= 0.6 is 11.8 Å². The highest BCUT2D eigenvalue weighted by Gasteiger charge is 2.24. The van der Waals surface area contributed by atoms with E-state index in [2.05, 4.69) is 0 Å². The van der Waals surface area contributed by atoms with Gasteiger partial charge >= 0.3 is 0 Å². The first-order valence-electron chi connectivity index (χ1n) is 5.62. The van der Waals surface area contributed by atoms with E-state index in [-0.39, 0.29) is 18.3 Å².